The topological polar surface area (TPSA) is 82.2 Å². The van der Waals surface area contributed by atoms with Crippen molar-refractivity contribution < 1.29 is 18.4 Å². The zero-order valence-corrected chi connectivity index (χ0v) is 11.0. The lowest BCUT2D eigenvalue weighted by Crippen LogP contribution is -2.04. The first-order chi connectivity index (χ1) is 10.0. The van der Waals surface area contributed by atoms with Crippen molar-refractivity contribution in [1.82, 2.24) is 9.78 Å². The maximum absolute atomic E-state index is 13.7. The van der Waals surface area contributed by atoms with Crippen LogP contribution in [-0.2, 0) is 11.3 Å². The zero-order chi connectivity index (χ0) is 15.4. The second kappa shape index (κ2) is 6.27. The van der Waals surface area contributed by atoms with Crippen molar-refractivity contribution in [2.24, 2.45) is 0 Å². The summed E-state index contributed by atoms with van der Waals surface area (Å²) in [7, 11) is 1.55. The van der Waals surface area contributed by atoms with Crippen LogP contribution in [0.15, 0.2) is 24.5 Å². The van der Waals surface area contributed by atoms with Crippen LogP contribution in [0.4, 0.5) is 25.8 Å². The van der Waals surface area contributed by atoms with E-state index in [9.17, 15) is 18.9 Å². The molecule has 0 saturated carbocycles. The van der Waals surface area contributed by atoms with E-state index in [1.165, 1.54) is 10.9 Å². The molecule has 0 atom stereocenters. The lowest BCUT2D eigenvalue weighted by Gasteiger charge is -2.06. The van der Waals surface area contributed by atoms with Gasteiger partial charge in [-0.1, -0.05) is 0 Å². The molecule has 1 heterocycles. The van der Waals surface area contributed by atoms with Gasteiger partial charge < -0.3 is 10.1 Å². The minimum absolute atomic E-state index is 0.359. The molecule has 112 valence electrons. The SMILES string of the molecule is COCCn1cc(Nc2c(F)cc([N+](=O)[O-])cc2F)cn1. The Kier molecular flexibility index (Phi) is 4.43. The molecule has 7 nitrogen and oxygen atoms in total. The zero-order valence-electron chi connectivity index (χ0n) is 11.0. The lowest BCUT2D eigenvalue weighted by molar-refractivity contribution is -0.385. The Labute approximate surface area is 118 Å². The van der Waals surface area contributed by atoms with Crippen molar-refractivity contribution in [3.8, 4) is 0 Å². The number of ether oxygens (including phenoxy) is 1. The second-order valence-electron chi connectivity index (χ2n) is 4.15. The summed E-state index contributed by atoms with van der Waals surface area (Å²) in [5, 5.41) is 17.0. The molecule has 1 N–H and O–H groups in total. The van der Waals surface area contributed by atoms with Crippen LogP contribution in [0.3, 0.4) is 0 Å². The van der Waals surface area contributed by atoms with Crippen LogP contribution in [0.5, 0.6) is 0 Å². The van der Waals surface area contributed by atoms with Crippen LogP contribution in [-0.4, -0.2) is 28.4 Å². The number of benzene rings is 1. The number of halogens is 2. The number of hydrogen-bond donors (Lipinski definition) is 1. The average Bonchev–Trinajstić information content (AvgIpc) is 2.88. The molecule has 1 aromatic carbocycles. The highest BCUT2D eigenvalue weighted by Gasteiger charge is 2.17. The van der Waals surface area contributed by atoms with Gasteiger partial charge in [-0.05, 0) is 0 Å². The predicted molar refractivity (Wildman–Crippen MR) is 70.4 cm³/mol. The van der Waals surface area contributed by atoms with Gasteiger partial charge in [0.25, 0.3) is 5.69 Å². The number of nitrogens with zero attached hydrogens (tertiary/aromatic N) is 3. The molecule has 0 radical (unpaired) electrons. The number of hydrogen-bond acceptors (Lipinski definition) is 5. The van der Waals surface area contributed by atoms with Crippen LogP contribution in [0.1, 0.15) is 0 Å². The number of nitrogens with one attached hydrogen (secondary N) is 1. The highest BCUT2D eigenvalue weighted by atomic mass is 19.1. The number of rotatable bonds is 6. The normalized spacial score (nSPS) is 10.6. The molecule has 0 fully saturated rings. The highest BCUT2D eigenvalue weighted by molar-refractivity contribution is 5.61. The molecule has 9 heteroatoms. The average molecular weight is 298 g/mol. The van der Waals surface area contributed by atoms with Crippen LogP contribution >= 0.6 is 0 Å². The third-order valence-corrected chi connectivity index (χ3v) is 2.66. The smallest absolute Gasteiger partial charge is 0.275 e. The molecule has 0 bridgehead atoms. The van der Waals surface area contributed by atoms with E-state index in [-0.39, 0.29) is 0 Å². The highest BCUT2D eigenvalue weighted by Crippen LogP contribution is 2.27. The van der Waals surface area contributed by atoms with Gasteiger partial charge in [-0.15, -0.1) is 0 Å². The van der Waals surface area contributed by atoms with Crippen LogP contribution in [0.25, 0.3) is 0 Å². The quantitative estimate of drug-likeness (QED) is 0.654. The van der Waals surface area contributed by atoms with Crippen LogP contribution in [0, 0.1) is 21.7 Å². The molecule has 0 aliphatic rings. The third-order valence-electron chi connectivity index (χ3n) is 2.66. The second-order valence-corrected chi connectivity index (χ2v) is 4.15. The Morgan fingerprint density at radius 3 is 2.67 bits per heavy atom. The molecule has 0 unspecified atom stereocenters. The first-order valence-electron chi connectivity index (χ1n) is 5.93. The van der Waals surface area contributed by atoms with Crippen molar-refractivity contribution in [2.45, 2.75) is 6.54 Å². The van der Waals surface area contributed by atoms with Crippen molar-refractivity contribution in [3.63, 3.8) is 0 Å². The minimum atomic E-state index is -1.05. The van der Waals surface area contributed by atoms with Crippen molar-refractivity contribution in [2.75, 3.05) is 19.0 Å². The Hall–Kier alpha value is -2.55. The number of aromatic nitrogens is 2. The third kappa shape index (κ3) is 3.51. The fraction of sp³-hybridized carbons (Fsp3) is 0.250. The summed E-state index contributed by atoms with van der Waals surface area (Å²) in [5.74, 6) is -2.10. The maximum Gasteiger partial charge on any atom is 0.275 e. The van der Waals surface area contributed by atoms with E-state index in [2.05, 4.69) is 10.4 Å². The van der Waals surface area contributed by atoms with Gasteiger partial charge >= 0.3 is 0 Å². The monoisotopic (exact) mass is 298 g/mol. The van der Waals surface area contributed by atoms with Crippen molar-refractivity contribution in [1.29, 1.82) is 0 Å². The van der Waals surface area contributed by atoms with Gasteiger partial charge in [-0.3, -0.25) is 14.8 Å². The van der Waals surface area contributed by atoms with Gasteiger partial charge in [0.1, 0.15) is 5.69 Å². The van der Waals surface area contributed by atoms with Crippen LogP contribution in [0.2, 0.25) is 0 Å². The lowest BCUT2D eigenvalue weighted by atomic mass is 10.2. The molecule has 0 aliphatic heterocycles. The van der Waals surface area contributed by atoms with E-state index in [0.717, 1.165) is 0 Å². The Morgan fingerprint density at radius 2 is 2.10 bits per heavy atom. The number of nitro benzene ring substituents is 1. The number of anilines is 2. The van der Waals surface area contributed by atoms with Gasteiger partial charge in [0.2, 0.25) is 0 Å². The predicted octanol–water partition coefficient (Wildman–Crippen LogP) is 2.46. The Bertz CT molecular complexity index is 637. The molecule has 21 heavy (non-hydrogen) atoms. The minimum Gasteiger partial charge on any atom is -0.383 e. The van der Waals surface area contributed by atoms with Crippen molar-refractivity contribution in [3.05, 3.63) is 46.3 Å². The van der Waals surface area contributed by atoms with E-state index < -0.39 is 27.9 Å². The molecule has 0 saturated heterocycles. The molecule has 0 aliphatic carbocycles. The number of nitro groups is 1. The Balaban J connectivity index is 2.19. The van der Waals surface area contributed by atoms with Crippen LogP contribution < -0.4 is 5.32 Å². The molecule has 2 rings (SSSR count). The van der Waals surface area contributed by atoms with Gasteiger partial charge in [-0.2, -0.15) is 5.10 Å². The number of non-ortho nitro benzene ring substituents is 1. The maximum atomic E-state index is 13.7. The number of methoxy groups -OCH3 is 1. The summed E-state index contributed by atoms with van der Waals surface area (Å²) in [5.41, 5.74) is -0.754. The van der Waals surface area contributed by atoms with E-state index in [1.807, 2.05) is 0 Å². The first kappa shape index (κ1) is 14.9. The summed E-state index contributed by atoms with van der Waals surface area (Å²) in [6, 6.07) is 1.31. The van der Waals surface area contributed by atoms with Gasteiger partial charge in [0.15, 0.2) is 11.6 Å². The standard InChI is InChI=1S/C12H12F2N4O3/c1-21-3-2-17-7-8(6-15-17)16-12-10(13)4-9(18(19)20)5-11(12)14/h4-7,16H,2-3H2,1H3. The molecule has 2 aromatic rings. The van der Waals surface area contributed by atoms with Gasteiger partial charge in [0, 0.05) is 13.3 Å². The summed E-state index contributed by atoms with van der Waals surface area (Å²) in [6.07, 6.45) is 2.93. The summed E-state index contributed by atoms with van der Waals surface area (Å²) in [6.45, 7) is 0.935. The van der Waals surface area contributed by atoms with E-state index in [4.69, 9.17) is 4.74 Å². The summed E-state index contributed by atoms with van der Waals surface area (Å²) in [4.78, 5) is 9.64. The molecule has 1 aromatic heterocycles. The largest absolute Gasteiger partial charge is 0.383 e. The molecule has 0 amide bonds. The van der Waals surface area contributed by atoms with Crippen molar-refractivity contribution >= 4 is 17.1 Å². The molecular formula is C12H12F2N4O3. The molecule has 0 spiro atoms. The molecular weight excluding hydrogens is 286 g/mol. The first-order valence-corrected chi connectivity index (χ1v) is 5.93. The fourth-order valence-corrected chi connectivity index (χ4v) is 1.66. The fourth-order valence-electron chi connectivity index (χ4n) is 1.66. The van der Waals surface area contributed by atoms with Gasteiger partial charge in [-0.25, -0.2) is 8.78 Å². The van der Waals surface area contributed by atoms with E-state index in [0.29, 0.717) is 31.0 Å². The van der Waals surface area contributed by atoms with Gasteiger partial charge in [0.05, 0.1) is 42.1 Å². The summed E-state index contributed by atoms with van der Waals surface area (Å²) < 4.78 is 33.8. The Morgan fingerprint density at radius 1 is 1.43 bits per heavy atom. The summed E-state index contributed by atoms with van der Waals surface area (Å²) >= 11 is 0. The van der Waals surface area contributed by atoms with E-state index in [1.54, 1.807) is 13.3 Å². The van der Waals surface area contributed by atoms with E-state index >= 15 is 0 Å².